The zero-order valence-corrected chi connectivity index (χ0v) is 18.4. The predicted molar refractivity (Wildman–Crippen MR) is 125 cm³/mol. The van der Waals surface area contributed by atoms with Gasteiger partial charge in [0.2, 0.25) is 0 Å². The van der Waals surface area contributed by atoms with Crippen LogP contribution in [-0.2, 0) is 4.84 Å². The van der Waals surface area contributed by atoms with E-state index >= 15 is 0 Å². The minimum Gasteiger partial charge on any atom is -0.387 e. The van der Waals surface area contributed by atoms with E-state index in [9.17, 15) is 10.1 Å². The van der Waals surface area contributed by atoms with Crippen LogP contribution < -0.4 is 5.32 Å². The van der Waals surface area contributed by atoms with Gasteiger partial charge in [-0.05, 0) is 54.8 Å². The van der Waals surface area contributed by atoms with E-state index < -0.39 is 0 Å². The topological polar surface area (TPSA) is 74.5 Å². The molecule has 1 heterocycles. The molecule has 4 rings (SSSR count). The van der Waals surface area contributed by atoms with Crippen molar-refractivity contribution in [1.29, 1.82) is 5.26 Å². The van der Waals surface area contributed by atoms with Gasteiger partial charge in [0.1, 0.15) is 0 Å². The summed E-state index contributed by atoms with van der Waals surface area (Å²) in [6, 6.07) is 25.3. The molecule has 32 heavy (non-hydrogen) atoms. The van der Waals surface area contributed by atoms with E-state index in [1.165, 1.54) is 0 Å². The summed E-state index contributed by atoms with van der Waals surface area (Å²) in [6.07, 6.45) is -0.186. The fraction of sp³-hybridized carbons (Fsp3) is 0.222. The number of hydrogen-bond acceptors (Lipinski definition) is 4. The number of nitrogens with one attached hydrogen (secondary N) is 1. The molecule has 0 saturated carbocycles. The third-order valence-corrected chi connectivity index (χ3v) is 5.55. The van der Waals surface area contributed by atoms with Gasteiger partial charge in [-0.3, -0.25) is 4.79 Å². The Kier molecular flexibility index (Phi) is 6.04. The number of oxime groups is 1. The Balaban J connectivity index is 1.78. The van der Waals surface area contributed by atoms with Crippen LogP contribution in [0.3, 0.4) is 0 Å². The fourth-order valence-electron chi connectivity index (χ4n) is 3.98. The quantitative estimate of drug-likeness (QED) is 0.591. The Morgan fingerprint density at radius 1 is 1.03 bits per heavy atom. The minimum absolute atomic E-state index is 0.000120. The largest absolute Gasteiger partial charge is 0.387 e. The van der Waals surface area contributed by atoms with E-state index in [1.54, 1.807) is 6.07 Å². The summed E-state index contributed by atoms with van der Waals surface area (Å²) in [5, 5.41) is 16.9. The number of amides is 1. The van der Waals surface area contributed by atoms with Gasteiger partial charge in [-0.2, -0.15) is 5.26 Å². The van der Waals surface area contributed by atoms with Crippen LogP contribution in [0.4, 0.5) is 0 Å². The molecule has 3 aromatic rings. The van der Waals surface area contributed by atoms with Crippen LogP contribution in [0.5, 0.6) is 0 Å². The Morgan fingerprint density at radius 2 is 1.72 bits per heavy atom. The summed E-state index contributed by atoms with van der Waals surface area (Å²) in [6.45, 7) is 5.93. The van der Waals surface area contributed by atoms with Crippen molar-refractivity contribution in [3.63, 3.8) is 0 Å². The molecule has 0 bridgehead atoms. The van der Waals surface area contributed by atoms with Crippen LogP contribution in [0, 0.1) is 17.2 Å². The molecule has 0 aromatic heterocycles. The van der Waals surface area contributed by atoms with Crippen molar-refractivity contribution >= 4 is 11.6 Å². The average Bonchev–Trinajstić information content (AvgIpc) is 3.20. The van der Waals surface area contributed by atoms with Crippen molar-refractivity contribution in [2.75, 3.05) is 0 Å². The number of hydrogen-bond donors (Lipinski definition) is 1. The fourth-order valence-corrected chi connectivity index (χ4v) is 3.98. The van der Waals surface area contributed by atoms with Gasteiger partial charge in [0.05, 0.1) is 17.3 Å². The second-order valence-electron chi connectivity index (χ2n) is 8.29. The van der Waals surface area contributed by atoms with Crippen molar-refractivity contribution < 1.29 is 9.63 Å². The molecule has 1 aliphatic rings. The maximum Gasteiger partial charge on any atom is 0.251 e. The van der Waals surface area contributed by atoms with Gasteiger partial charge in [-0.25, -0.2) is 0 Å². The molecule has 0 fully saturated rings. The van der Waals surface area contributed by atoms with E-state index in [1.807, 2.05) is 80.6 Å². The van der Waals surface area contributed by atoms with E-state index in [2.05, 4.69) is 23.5 Å². The van der Waals surface area contributed by atoms with Gasteiger partial charge in [-0.15, -0.1) is 0 Å². The molecular weight excluding hydrogens is 398 g/mol. The normalized spacial score (nSPS) is 17.4. The maximum atomic E-state index is 12.9. The van der Waals surface area contributed by atoms with Crippen molar-refractivity contribution in [1.82, 2.24) is 5.32 Å². The summed E-state index contributed by atoms with van der Waals surface area (Å²) in [7, 11) is 0. The maximum absolute atomic E-state index is 12.9. The summed E-state index contributed by atoms with van der Waals surface area (Å²) in [4.78, 5) is 18.7. The highest BCUT2D eigenvalue weighted by molar-refractivity contribution is 6.06. The molecule has 3 aromatic carbocycles. The molecule has 0 saturated heterocycles. The lowest BCUT2D eigenvalue weighted by molar-refractivity contribution is 0.0653. The number of benzene rings is 3. The van der Waals surface area contributed by atoms with Gasteiger partial charge in [-0.1, -0.05) is 60.6 Å². The number of nitrogens with zero attached hydrogens (tertiary/aromatic N) is 2. The first-order valence-electron chi connectivity index (χ1n) is 10.7. The summed E-state index contributed by atoms with van der Waals surface area (Å²) in [5.74, 6) is -0.163. The Labute approximate surface area is 188 Å². The Morgan fingerprint density at radius 3 is 2.44 bits per heavy atom. The Hall–Kier alpha value is -3.91. The highest BCUT2D eigenvalue weighted by Gasteiger charge is 2.33. The number of carbonyl (C=O) groups excluding carboxylic acids is 1. The second kappa shape index (κ2) is 9.07. The lowest BCUT2D eigenvalue weighted by Crippen LogP contribution is -2.30. The molecule has 160 valence electrons. The van der Waals surface area contributed by atoms with Crippen LogP contribution in [-0.4, -0.2) is 17.7 Å². The summed E-state index contributed by atoms with van der Waals surface area (Å²) >= 11 is 0. The van der Waals surface area contributed by atoms with Gasteiger partial charge >= 0.3 is 0 Å². The van der Waals surface area contributed by atoms with Crippen LogP contribution in [0.1, 0.15) is 53.9 Å². The molecule has 1 N–H and O–H groups in total. The predicted octanol–water partition coefficient (Wildman–Crippen LogP) is 5.48. The van der Waals surface area contributed by atoms with Gasteiger partial charge in [0.15, 0.2) is 6.10 Å². The average molecular weight is 424 g/mol. The highest BCUT2D eigenvalue weighted by atomic mass is 16.6. The number of carbonyl (C=O) groups is 1. The van der Waals surface area contributed by atoms with Crippen LogP contribution in [0.25, 0.3) is 11.1 Å². The van der Waals surface area contributed by atoms with Crippen molar-refractivity contribution in [3.8, 4) is 17.2 Å². The monoisotopic (exact) mass is 423 g/mol. The van der Waals surface area contributed by atoms with Crippen LogP contribution in [0.15, 0.2) is 78.0 Å². The van der Waals surface area contributed by atoms with Gasteiger partial charge in [0, 0.05) is 23.1 Å². The lowest BCUT2D eigenvalue weighted by atomic mass is 9.87. The highest BCUT2D eigenvalue weighted by Crippen LogP contribution is 2.36. The first-order chi connectivity index (χ1) is 15.5. The molecule has 5 nitrogen and oxygen atoms in total. The zero-order chi connectivity index (χ0) is 22.7. The van der Waals surface area contributed by atoms with E-state index in [4.69, 9.17) is 4.84 Å². The van der Waals surface area contributed by atoms with E-state index in [0.717, 1.165) is 28.0 Å². The van der Waals surface area contributed by atoms with Gasteiger partial charge < -0.3 is 10.2 Å². The van der Waals surface area contributed by atoms with E-state index in [-0.39, 0.29) is 24.0 Å². The molecule has 0 aliphatic carbocycles. The van der Waals surface area contributed by atoms with Crippen LogP contribution >= 0.6 is 0 Å². The SMILES string of the molecule is CC(C)NC(=O)c1cc(C2=NOC(c3ccccc3)C2C)cc(-c2ccccc2C#N)c1. The molecular formula is C27H25N3O2. The molecule has 2 unspecified atom stereocenters. The molecule has 1 aliphatic heterocycles. The molecule has 1 amide bonds. The third-order valence-electron chi connectivity index (χ3n) is 5.55. The van der Waals surface area contributed by atoms with Crippen molar-refractivity contribution in [2.24, 2.45) is 11.1 Å². The third kappa shape index (κ3) is 4.26. The zero-order valence-electron chi connectivity index (χ0n) is 18.4. The molecule has 0 radical (unpaired) electrons. The standard InChI is InChI=1S/C27H25N3O2/c1-17(2)29-27(31)23-14-21(24-12-8-7-11-20(24)16-28)13-22(15-23)25-18(3)26(32-30-25)19-9-5-4-6-10-19/h4-15,17-18,26H,1-3H3,(H,29,31). The van der Waals surface area contributed by atoms with Gasteiger partial charge in [0.25, 0.3) is 5.91 Å². The van der Waals surface area contributed by atoms with Crippen molar-refractivity contribution in [2.45, 2.75) is 32.9 Å². The first kappa shape index (κ1) is 21.3. The van der Waals surface area contributed by atoms with E-state index in [0.29, 0.717) is 11.1 Å². The molecule has 0 spiro atoms. The second-order valence-corrected chi connectivity index (χ2v) is 8.29. The Bertz CT molecular complexity index is 1210. The van der Waals surface area contributed by atoms with Crippen molar-refractivity contribution in [3.05, 3.63) is 95.1 Å². The number of rotatable bonds is 5. The van der Waals surface area contributed by atoms with Crippen LogP contribution in [0.2, 0.25) is 0 Å². The number of nitriles is 1. The molecule has 5 heteroatoms. The first-order valence-corrected chi connectivity index (χ1v) is 10.7. The smallest absolute Gasteiger partial charge is 0.251 e. The lowest BCUT2D eigenvalue weighted by Gasteiger charge is -2.16. The minimum atomic E-state index is -0.186. The summed E-state index contributed by atoms with van der Waals surface area (Å²) < 4.78 is 0. The molecule has 2 atom stereocenters. The summed E-state index contributed by atoms with van der Waals surface area (Å²) in [5.41, 5.74) is 5.32.